The average molecular weight is 516 g/mol. The fraction of sp³-hybridized carbons (Fsp3) is 0.440. The largest absolute Gasteiger partial charge is 0.462 e. The summed E-state index contributed by atoms with van der Waals surface area (Å²) in [4.78, 5) is 44.0. The molecular formula is C25H29N3O5S2. The van der Waals surface area contributed by atoms with Crippen molar-refractivity contribution in [3.05, 3.63) is 56.7 Å². The third-order valence-electron chi connectivity index (χ3n) is 5.80. The van der Waals surface area contributed by atoms with Gasteiger partial charge in [-0.2, -0.15) is 0 Å². The van der Waals surface area contributed by atoms with E-state index < -0.39 is 5.97 Å². The number of hydrogen-bond donors (Lipinski definition) is 1. The van der Waals surface area contributed by atoms with E-state index in [2.05, 4.69) is 5.32 Å². The van der Waals surface area contributed by atoms with Gasteiger partial charge < -0.3 is 14.8 Å². The van der Waals surface area contributed by atoms with Crippen LogP contribution in [-0.2, 0) is 27.2 Å². The van der Waals surface area contributed by atoms with Crippen molar-refractivity contribution in [1.82, 2.24) is 14.9 Å². The molecule has 0 bridgehead atoms. The Kier molecular flexibility index (Phi) is 8.59. The number of thiophene rings is 1. The Hall–Kier alpha value is -2.69. The first-order valence-electron chi connectivity index (χ1n) is 11.7. The number of nitrogens with one attached hydrogen (secondary N) is 1. The molecule has 186 valence electrons. The first-order valence-corrected chi connectivity index (χ1v) is 13.5. The van der Waals surface area contributed by atoms with E-state index in [9.17, 15) is 14.4 Å². The average Bonchev–Trinajstić information content (AvgIpc) is 3.48. The number of fused-ring (bicyclic) bond motifs is 1. The predicted molar refractivity (Wildman–Crippen MR) is 137 cm³/mol. The van der Waals surface area contributed by atoms with Crippen molar-refractivity contribution in [2.75, 3.05) is 25.5 Å². The molecule has 1 aliphatic rings. The molecule has 3 aromatic rings. The van der Waals surface area contributed by atoms with Crippen molar-refractivity contribution in [1.29, 1.82) is 0 Å². The van der Waals surface area contributed by atoms with E-state index in [0.29, 0.717) is 45.5 Å². The molecule has 0 aliphatic carbocycles. The Balaban J connectivity index is 1.54. The molecule has 35 heavy (non-hydrogen) atoms. The standard InChI is InChI=1S/C25H29N3O5S2/c1-3-32-24(31)21-16(2)20-22(35-21)27-25(28(23(20)30)14-18-10-7-13-33-18)34-15-19(29)26-12-11-17-8-5-4-6-9-17/h4-6,8-9,18H,3,7,10-15H2,1-2H3,(H,26,29)/t18-/m1/s1. The summed E-state index contributed by atoms with van der Waals surface area (Å²) in [6.07, 6.45) is 2.49. The molecule has 1 aromatic carbocycles. The monoisotopic (exact) mass is 515 g/mol. The third-order valence-corrected chi connectivity index (χ3v) is 7.94. The number of benzene rings is 1. The zero-order chi connectivity index (χ0) is 24.8. The lowest BCUT2D eigenvalue weighted by Crippen LogP contribution is -2.30. The summed E-state index contributed by atoms with van der Waals surface area (Å²) >= 11 is 2.38. The molecule has 0 radical (unpaired) electrons. The number of ether oxygens (including phenoxy) is 2. The van der Waals surface area contributed by atoms with Gasteiger partial charge in [0, 0.05) is 13.2 Å². The summed E-state index contributed by atoms with van der Waals surface area (Å²) in [7, 11) is 0. The maximum absolute atomic E-state index is 13.5. The van der Waals surface area contributed by atoms with Crippen molar-refractivity contribution in [3.8, 4) is 0 Å². The minimum atomic E-state index is -0.454. The molecule has 1 N–H and O–H groups in total. The van der Waals surface area contributed by atoms with Gasteiger partial charge in [-0.15, -0.1) is 11.3 Å². The molecule has 0 unspecified atom stereocenters. The molecule has 10 heteroatoms. The lowest BCUT2D eigenvalue weighted by molar-refractivity contribution is -0.118. The molecule has 8 nitrogen and oxygen atoms in total. The highest BCUT2D eigenvalue weighted by Crippen LogP contribution is 2.30. The van der Waals surface area contributed by atoms with Crippen LogP contribution >= 0.6 is 23.1 Å². The van der Waals surface area contributed by atoms with Crippen LogP contribution in [0.2, 0.25) is 0 Å². The molecule has 1 fully saturated rings. The van der Waals surface area contributed by atoms with Gasteiger partial charge in [0.2, 0.25) is 5.91 Å². The molecule has 0 spiro atoms. The molecular weight excluding hydrogens is 486 g/mol. The van der Waals surface area contributed by atoms with Crippen LogP contribution in [-0.4, -0.2) is 53.0 Å². The van der Waals surface area contributed by atoms with Crippen LogP contribution in [0.5, 0.6) is 0 Å². The Labute approximate surface area is 212 Å². The molecule has 4 rings (SSSR count). The summed E-state index contributed by atoms with van der Waals surface area (Å²) in [6, 6.07) is 9.96. The smallest absolute Gasteiger partial charge is 0.348 e. The van der Waals surface area contributed by atoms with Crippen LogP contribution in [0.25, 0.3) is 10.2 Å². The van der Waals surface area contributed by atoms with Crippen LogP contribution in [0.15, 0.2) is 40.3 Å². The third kappa shape index (κ3) is 6.12. The number of carbonyl (C=O) groups excluding carboxylic acids is 2. The van der Waals surface area contributed by atoms with E-state index in [1.807, 2.05) is 30.3 Å². The summed E-state index contributed by atoms with van der Waals surface area (Å²) in [5, 5.41) is 3.81. The van der Waals surface area contributed by atoms with E-state index in [0.717, 1.165) is 36.2 Å². The van der Waals surface area contributed by atoms with Gasteiger partial charge in [-0.1, -0.05) is 42.1 Å². The molecule has 1 aliphatic heterocycles. The van der Waals surface area contributed by atoms with E-state index in [4.69, 9.17) is 14.5 Å². The van der Waals surface area contributed by atoms with E-state index >= 15 is 0 Å². The number of hydrogen-bond acceptors (Lipinski definition) is 8. The first kappa shape index (κ1) is 25.4. The fourth-order valence-electron chi connectivity index (χ4n) is 4.02. The molecule has 2 aromatic heterocycles. The second-order valence-corrected chi connectivity index (χ2v) is 10.2. The van der Waals surface area contributed by atoms with Crippen molar-refractivity contribution in [2.24, 2.45) is 0 Å². The number of carbonyl (C=O) groups is 2. The highest BCUT2D eigenvalue weighted by Gasteiger charge is 2.25. The second kappa shape index (κ2) is 11.8. The first-order chi connectivity index (χ1) is 17.0. The lowest BCUT2D eigenvalue weighted by atomic mass is 10.1. The molecule has 1 saturated heterocycles. The van der Waals surface area contributed by atoms with Crippen LogP contribution < -0.4 is 10.9 Å². The van der Waals surface area contributed by atoms with Gasteiger partial charge in [0.1, 0.15) is 9.71 Å². The Bertz CT molecular complexity index is 1250. The lowest BCUT2D eigenvalue weighted by Gasteiger charge is -2.16. The van der Waals surface area contributed by atoms with Gasteiger partial charge in [-0.05, 0) is 44.2 Å². The van der Waals surface area contributed by atoms with Crippen LogP contribution in [0.3, 0.4) is 0 Å². The number of amides is 1. The molecule has 0 saturated carbocycles. The highest BCUT2D eigenvalue weighted by atomic mass is 32.2. The predicted octanol–water partition coefficient (Wildman–Crippen LogP) is 3.57. The van der Waals surface area contributed by atoms with Gasteiger partial charge in [0.25, 0.3) is 5.56 Å². The van der Waals surface area contributed by atoms with Crippen molar-refractivity contribution < 1.29 is 19.1 Å². The van der Waals surface area contributed by atoms with Crippen molar-refractivity contribution >= 4 is 45.2 Å². The van der Waals surface area contributed by atoms with E-state index in [-0.39, 0.29) is 29.9 Å². The number of rotatable bonds is 10. The van der Waals surface area contributed by atoms with Crippen LogP contribution in [0, 0.1) is 6.92 Å². The summed E-state index contributed by atoms with van der Waals surface area (Å²) < 4.78 is 12.5. The van der Waals surface area contributed by atoms with Gasteiger partial charge in [0.05, 0.1) is 30.4 Å². The minimum Gasteiger partial charge on any atom is -0.462 e. The highest BCUT2D eigenvalue weighted by molar-refractivity contribution is 7.99. The number of thioether (sulfide) groups is 1. The normalized spacial score (nSPS) is 15.4. The summed E-state index contributed by atoms with van der Waals surface area (Å²) in [5.74, 6) is -0.448. The Morgan fingerprint density at radius 3 is 2.83 bits per heavy atom. The van der Waals surface area contributed by atoms with E-state index in [1.54, 1.807) is 18.4 Å². The number of aromatic nitrogens is 2. The molecule has 3 heterocycles. The summed E-state index contributed by atoms with van der Waals surface area (Å²) in [5.41, 5.74) is 1.52. The Morgan fingerprint density at radius 1 is 1.31 bits per heavy atom. The second-order valence-electron chi connectivity index (χ2n) is 8.28. The number of esters is 1. The zero-order valence-electron chi connectivity index (χ0n) is 19.9. The van der Waals surface area contributed by atoms with Crippen molar-refractivity contribution in [3.63, 3.8) is 0 Å². The molecule has 1 atom stereocenters. The molecule has 1 amide bonds. The fourth-order valence-corrected chi connectivity index (χ4v) is 5.98. The van der Waals surface area contributed by atoms with E-state index in [1.165, 1.54) is 11.8 Å². The maximum Gasteiger partial charge on any atom is 0.348 e. The SMILES string of the molecule is CCOC(=O)c1sc2nc(SCC(=O)NCCc3ccccc3)n(C[C@H]3CCCO3)c(=O)c2c1C. The minimum absolute atomic E-state index is 0.0746. The van der Waals surface area contributed by atoms with Gasteiger partial charge in [0.15, 0.2) is 5.16 Å². The van der Waals surface area contributed by atoms with Gasteiger partial charge in [-0.25, -0.2) is 9.78 Å². The number of aryl methyl sites for hydroxylation is 1. The van der Waals surface area contributed by atoms with Gasteiger partial charge >= 0.3 is 5.97 Å². The van der Waals surface area contributed by atoms with Crippen LogP contribution in [0.4, 0.5) is 0 Å². The Morgan fingerprint density at radius 2 is 2.11 bits per heavy atom. The quantitative estimate of drug-likeness (QED) is 0.250. The maximum atomic E-state index is 13.5. The summed E-state index contributed by atoms with van der Waals surface area (Å²) in [6.45, 7) is 5.32. The zero-order valence-corrected chi connectivity index (χ0v) is 21.5. The van der Waals surface area contributed by atoms with Gasteiger partial charge in [-0.3, -0.25) is 14.2 Å². The van der Waals surface area contributed by atoms with Crippen molar-refractivity contribution in [2.45, 2.75) is 50.9 Å². The van der Waals surface area contributed by atoms with Crippen LogP contribution in [0.1, 0.15) is 40.6 Å². The number of nitrogens with zero attached hydrogens (tertiary/aromatic N) is 2. The topological polar surface area (TPSA) is 99.5 Å².